The Balaban J connectivity index is 2.07. The Hall–Kier alpha value is 0.140. The fourth-order valence-corrected chi connectivity index (χ4v) is 5.28. The van der Waals surface area contributed by atoms with Crippen LogP contribution >= 0.6 is 27.3 Å². The predicted molar refractivity (Wildman–Crippen MR) is 98.0 cm³/mol. The van der Waals surface area contributed by atoms with Gasteiger partial charge in [-0.3, -0.25) is 0 Å². The standard InChI is InChI=1S/C18H30BrNS/c1-5-20-12-13-6-7-15(18(2,3)4)10-14(13)11-17-16(19)8-9-21-17/h8-9,13-15,20H,5-7,10-12H2,1-4H3. The minimum Gasteiger partial charge on any atom is -0.317 e. The first-order valence-electron chi connectivity index (χ1n) is 8.34. The molecule has 0 aromatic carbocycles. The maximum Gasteiger partial charge on any atom is 0.0314 e. The van der Waals surface area contributed by atoms with Crippen LogP contribution in [0.2, 0.25) is 0 Å². The summed E-state index contributed by atoms with van der Waals surface area (Å²) in [7, 11) is 0. The van der Waals surface area contributed by atoms with Crippen molar-refractivity contribution >= 4 is 27.3 Å². The van der Waals surface area contributed by atoms with Gasteiger partial charge in [-0.1, -0.05) is 27.7 Å². The molecule has 1 heterocycles. The van der Waals surface area contributed by atoms with E-state index < -0.39 is 0 Å². The van der Waals surface area contributed by atoms with Gasteiger partial charge in [0.1, 0.15) is 0 Å². The van der Waals surface area contributed by atoms with E-state index in [1.54, 1.807) is 0 Å². The molecule has 3 unspecified atom stereocenters. The molecule has 21 heavy (non-hydrogen) atoms. The van der Waals surface area contributed by atoms with Crippen LogP contribution in [0.1, 0.15) is 51.8 Å². The van der Waals surface area contributed by atoms with Gasteiger partial charge in [-0.15, -0.1) is 11.3 Å². The van der Waals surface area contributed by atoms with Gasteiger partial charge in [0.15, 0.2) is 0 Å². The first-order valence-corrected chi connectivity index (χ1v) is 10.0. The summed E-state index contributed by atoms with van der Waals surface area (Å²) in [6.07, 6.45) is 5.44. The summed E-state index contributed by atoms with van der Waals surface area (Å²) in [5, 5.41) is 5.80. The first kappa shape index (κ1) is 17.5. The van der Waals surface area contributed by atoms with E-state index >= 15 is 0 Å². The molecule has 0 spiro atoms. The fraction of sp³-hybridized carbons (Fsp3) is 0.778. The molecule has 1 aliphatic carbocycles. The highest BCUT2D eigenvalue weighted by molar-refractivity contribution is 9.10. The van der Waals surface area contributed by atoms with Crippen LogP contribution in [-0.2, 0) is 6.42 Å². The molecule has 2 rings (SSSR count). The van der Waals surface area contributed by atoms with Gasteiger partial charge in [0.25, 0.3) is 0 Å². The Morgan fingerprint density at radius 1 is 1.29 bits per heavy atom. The van der Waals surface area contributed by atoms with Crippen LogP contribution < -0.4 is 5.32 Å². The summed E-state index contributed by atoms with van der Waals surface area (Å²) in [6.45, 7) is 11.8. The number of nitrogens with one attached hydrogen (secondary N) is 1. The molecule has 1 aromatic rings. The fourth-order valence-electron chi connectivity index (χ4n) is 3.67. The zero-order chi connectivity index (χ0) is 15.5. The second-order valence-electron chi connectivity index (χ2n) is 7.60. The van der Waals surface area contributed by atoms with Crippen LogP contribution in [0.25, 0.3) is 0 Å². The molecular weight excluding hydrogens is 342 g/mol. The highest BCUT2D eigenvalue weighted by atomic mass is 79.9. The van der Waals surface area contributed by atoms with Crippen LogP contribution in [0.15, 0.2) is 15.9 Å². The van der Waals surface area contributed by atoms with E-state index in [2.05, 4.69) is 60.4 Å². The maximum atomic E-state index is 3.72. The van der Waals surface area contributed by atoms with E-state index in [1.807, 2.05) is 11.3 Å². The topological polar surface area (TPSA) is 12.0 Å². The van der Waals surface area contributed by atoms with Crippen molar-refractivity contribution in [2.24, 2.45) is 23.2 Å². The molecule has 1 N–H and O–H groups in total. The lowest BCUT2D eigenvalue weighted by molar-refractivity contribution is 0.0977. The summed E-state index contributed by atoms with van der Waals surface area (Å²) >= 11 is 5.63. The van der Waals surface area contributed by atoms with Gasteiger partial charge >= 0.3 is 0 Å². The predicted octanol–water partition coefficient (Wildman–Crippen LogP) is 5.74. The van der Waals surface area contributed by atoms with Crippen molar-refractivity contribution in [2.75, 3.05) is 13.1 Å². The van der Waals surface area contributed by atoms with Crippen molar-refractivity contribution in [1.82, 2.24) is 5.32 Å². The second-order valence-corrected chi connectivity index (χ2v) is 9.45. The monoisotopic (exact) mass is 371 g/mol. The quantitative estimate of drug-likeness (QED) is 0.695. The van der Waals surface area contributed by atoms with Gasteiger partial charge < -0.3 is 5.32 Å². The largest absolute Gasteiger partial charge is 0.317 e. The van der Waals surface area contributed by atoms with Gasteiger partial charge in [0.2, 0.25) is 0 Å². The van der Waals surface area contributed by atoms with Gasteiger partial charge in [-0.2, -0.15) is 0 Å². The van der Waals surface area contributed by atoms with Gasteiger partial charge in [-0.25, -0.2) is 0 Å². The first-order chi connectivity index (χ1) is 9.91. The Bertz CT molecular complexity index is 435. The summed E-state index contributed by atoms with van der Waals surface area (Å²) < 4.78 is 1.31. The van der Waals surface area contributed by atoms with Crippen molar-refractivity contribution in [1.29, 1.82) is 0 Å². The normalized spacial score (nSPS) is 27.0. The van der Waals surface area contributed by atoms with Crippen molar-refractivity contribution in [3.63, 3.8) is 0 Å². The molecular formula is C18H30BrNS. The number of hydrogen-bond acceptors (Lipinski definition) is 2. The minimum atomic E-state index is 0.452. The minimum absolute atomic E-state index is 0.452. The Kier molecular flexibility index (Phi) is 6.34. The van der Waals surface area contributed by atoms with E-state index in [0.29, 0.717) is 5.41 Å². The third-order valence-electron chi connectivity index (χ3n) is 5.16. The molecule has 3 heteroatoms. The summed E-state index contributed by atoms with van der Waals surface area (Å²) in [6, 6.07) is 2.20. The van der Waals surface area contributed by atoms with Crippen LogP contribution in [0.3, 0.4) is 0 Å². The molecule has 3 atom stereocenters. The highest BCUT2D eigenvalue weighted by Gasteiger charge is 2.35. The smallest absolute Gasteiger partial charge is 0.0314 e. The molecule has 1 saturated carbocycles. The van der Waals surface area contributed by atoms with E-state index in [4.69, 9.17) is 0 Å². The third-order valence-corrected chi connectivity index (χ3v) is 7.11. The Morgan fingerprint density at radius 3 is 2.62 bits per heavy atom. The van der Waals surface area contributed by atoms with E-state index in [9.17, 15) is 0 Å². The lowest BCUT2D eigenvalue weighted by Gasteiger charge is -2.42. The summed E-state index contributed by atoms with van der Waals surface area (Å²) in [5.74, 6) is 2.55. The van der Waals surface area contributed by atoms with Crippen molar-refractivity contribution in [3.8, 4) is 0 Å². The number of hydrogen-bond donors (Lipinski definition) is 1. The van der Waals surface area contributed by atoms with E-state index in [0.717, 1.165) is 24.3 Å². The van der Waals surface area contributed by atoms with Crippen LogP contribution in [0.5, 0.6) is 0 Å². The van der Waals surface area contributed by atoms with Crippen LogP contribution in [0, 0.1) is 23.2 Å². The van der Waals surface area contributed by atoms with Gasteiger partial charge in [0.05, 0.1) is 0 Å². The molecule has 1 aromatic heterocycles. The lowest BCUT2D eigenvalue weighted by atomic mass is 9.64. The Labute approximate surface area is 143 Å². The zero-order valence-corrected chi connectivity index (χ0v) is 16.3. The number of rotatable bonds is 5. The van der Waals surface area contributed by atoms with Crippen LogP contribution in [-0.4, -0.2) is 13.1 Å². The zero-order valence-electron chi connectivity index (χ0n) is 13.9. The molecule has 0 saturated heterocycles. The third kappa shape index (κ3) is 4.80. The van der Waals surface area contributed by atoms with Gasteiger partial charge in [0, 0.05) is 9.35 Å². The molecule has 0 amide bonds. The summed E-state index contributed by atoms with van der Waals surface area (Å²) in [5.41, 5.74) is 0.452. The average Bonchev–Trinajstić information content (AvgIpc) is 2.82. The van der Waals surface area contributed by atoms with Crippen molar-refractivity contribution in [2.45, 2.75) is 53.4 Å². The Morgan fingerprint density at radius 2 is 2.05 bits per heavy atom. The van der Waals surface area contributed by atoms with E-state index in [-0.39, 0.29) is 0 Å². The lowest BCUT2D eigenvalue weighted by Crippen LogP contribution is -2.37. The SMILES string of the molecule is CCNCC1CCC(C(C)(C)C)CC1Cc1sccc1Br. The molecule has 0 bridgehead atoms. The highest BCUT2D eigenvalue weighted by Crippen LogP contribution is 2.44. The number of halogens is 1. The van der Waals surface area contributed by atoms with Crippen molar-refractivity contribution < 1.29 is 0 Å². The number of thiophene rings is 1. The molecule has 1 fully saturated rings. The second kappa shape index (κ2) is 7.61. The molecule has 120 valence electrons. The van der Waals surface area contributed by atoms with E-state index in [1.165, 1.54) is 41.6 Å². The van der Waals surface area contributed by atoms with Crippen LogP contribution in [0.4, 0.5) is 0 Å². The maximum absolute atomic E-state index is 3.72. The van der Waals surface area contributed by atoms with Gasteiger partial charge in [-0.05, 0) is 89.3 Å². The molecule has 1 aliphatic rings. The molecule has 1 nitrogen and oxygen atoms in total. The summed E-state index contributed by atoms with van der Waals surface area (Å²) in [4.78, 5) is 1.54. The average molecular weight is 372 g/mol. The molecule has 0 aliphatic heterocycles. The molecule has 0 radical (unpaired) electrons. The van der Waals surface area contributed by atoms with Crippen molar-refractivity contribution in [3.05, 3.63) is 20.8 Å².